The first-order valence-electron chi connectivity index (χ1n) is 6.01. The first-order valence-corrected chi connectivity index (χ1v) is 6.01. The van der Waals surface area contributed by atoms with Crippen molar-refractivity contribution in [2.45, 2.75) is 19.9 Å². The number of nitrogens with zero attached hydrogens (tertiary/aromatic N) is 1. The Hall–Kier alpha value is -1.55. The van der Waals surface area contributed by atoms with Crippen LogP contribution in [0.1, 0.15) is 12.0 Å². The molecule has 1 fully saturated rings. The fourth-order valence-electron chi connectivity index (χ4n) is 2.49. The number of aryl methyl sites for hydroxylation is 1. The second-order valence-corrected chi connectivity index (χ2v) is 4.74. The second kappa shape index (κ2) is 4.04. The third kappa shape index (κ3) is 1.78. The molecule has 2 heterocycles. The van der Waals surface area contributed by atoms with Gasteiger partial charge in [-0.1, -0.05) is 12.1 Å². The predicted octanol–water partition coefficient (Wildman–Crippen LogP) is 1.67. The van der Waals surface area contributed by atoms with E-state index in [-0.39, 0.29) is 5.69 Å². The van der Waals surface area contributed by atoms with Gasteiger partial charge in [0.2, 0.25) is 0 Å². The Morgan fingerprint density at radius 3 is 3.18 bits per heavy atom. The monoisotopic (exact) mass is 232 g/mol. The summed E-state index contributed by atoms with van der Waals surface area (Å²) in [5.74, 6) is 0.465. The van der Waals surface area contributed by atoms with E-state index in [0.29, 0.717) is 5.92 Å². The number of aromatic nitrogens is 2. The maximum Gasteiger partial charge on any atom is 0.326 e. The number of imidazole rings is 1. The quantitative estimate of drug-likeness (QED) is 0.856. The minimum atomic E-state index is -0.0128. The van der Waals surface area contributed by atoms with Gasteiger partial charge in [-0.05, 0) is 25.0 Å². The maximum absolute atomic E-state index is 11.9. The molecule has 1 aliphatic heterocycles. The number of rotatable bonds is 2. The van der Waals surface area contributed by atoms with Crippen LogP contribution in [-0.2, 0) is 11.3 Å². The van der Waals surface area contributed by atoms with Crippen LogP contribution >= 0.6 is 0 Å². The molecule has 0 radical (unpaired) electrons. The molecule has 1 aromatic carbocycles. The highest BCUT2D eigenvalue weighted by molar-refractivity contribution is 5.78. The molecule has 0 aliphatic carbocycles. The third-order valence-electron chi connectivity index (χ3n) is 3.48. The standard InChI is InChI=1S/C13H16N2O2/c1-9-3-2-4-11-12(9)14-13(16)15(11)7-10-5-6-17-8-10/h2-4,10H,5-8H2,1H3,(H,14,16). The number of benzene rings is 1. The van der Waals surface area contributed by atoms with Gasteiger partial charge in [-0.15, -0.1) is 0 Å². The second-order valence-electron chi connectivity index (χ2n) is 4.74. The molecule has 0 spiro atoms. The molecule has 1 aliphatic rings. The summed E-state index contributed by atoms with van der Waals surface area (Å²) in [6.45, 7) is 4.36. The Kier molecular flexibility index (Phi) is 2.52. The van der Waals surface area contributed by atoms with E-state index in [0.717, 1.165) is 42.8 Å². The van der Waals surface area contributed by atoms with Gasteiger partial charge in [-0.2, -0.15) is 0 Å². The SMILES string of the molecule is Cc1cccc2c1[nH]c(=O)n2CC1CCOC1. The highest BCUT2D eigenvalue weighted by atomic mass is 16.5. The van der Waals surface area contributed by atoms with E-state index in [2.05, 4.69) is 4.98 Å². The van der Waals surface area contributed by atoms with E-state index in [1.807, 2.05) is 29.7 Å². The summed E-state index contributed by atoms with van der Waals surface area (Å²) in [6.07, 6.45) is 1.05. The lowest BCUT2D eigenvalue weighted by molar-refractivity contribution is 0.182. The highest BCUT2D eigenvalue weighted by Gasteiger charge is 2.18. The van der Waals surface area contributed by atoms with Crippen molar-refractivity contribution < 1.29 is 4.74 Å². The van der Waals surface area contributed by atoms with Crippen molar-refractivity contribution in [3.63, 3.8) is 0 Å². The molecule has 1 unspecified atom stereocenters. The van der Waals surface area contributed by atoms with Crippen molar-refractivity contribution in [2.24, 2.45) is 5.92 Å². The Bertz CT molecular complexity index is 591. The largest absolute Gasteiger partial charge is 0.381 e. The number of H-pyrrole nitrogens is 1. The summed E-state index contributed by atoms with van der Waals surface area (Å²) in [5, 5.41) is 0. The Labute approximate surface area is 99.2 Å². The van der Waals surface area contributed by atoms with Crippen molar-refractivity contribution in [2.75, 3.05) is 13.2 Å². The maximum atomic E-state index is 11.9. The zero-order chi connectivity index (χ0) is 11.8. The third-order valence-corrected chi connectivity index (χ3v) is 3.48. The van der Waals surface area contributed by atoms with Gasteiger partial charge in [0.05, 0.1) is 17.6 Å². The number of hydrogen-bond acceptors (Lipinski definition) is 2. The minimum absolute atomic E-state index is 0.0128. The van der Waals surface area contributed by atoms with E-state index in [4.69, 9.17) is 4.74 Å². The van der Waals surface area contributed by atoms with E-state index >= 15 is 0 Å². The van der Waals surface area contributed by atoms with Gasteiger partial charge in [-0.3, -0.25) is 4.57 Å². The molecule has 0 saturated carbocycles. The van der Waals surface area contributed by atoms with Gasteiger partial charge < -0.3 is 9.72 Å². The Morgan fingerprint density at radius 2 is 2.41 bits per heavy atom. The number of ether oxygens (including phenoxy) is 1. The zero-order valence-corrected chi connectivity index (χ0v) is 9.90. The summed E-state index contributed by atoms with van der Waals surface area (Å²) in [7, 11) is 0. The molecule has 1 N–H and O–H groups in total. The lowest BCUT2D eigenvalue weighted by Gasteiger charge is -2.08. The molecular weight excluding hydrogens is 216 g/mol. The van der Waals surface area contributed by atoms with Gasteiger partial charge in [0.1, 0.15) is 0 Å². The fraction of sp³-hybridized carbons (Fsp3) is 0.462. The zero-order valence-electron chi connectivity index (χ0n) is 9.90. The molecule has 0 bridgehead atoms. The van der Waals surface area contributed by atoms with Gasteiger partial charge in [0, 0.05) is 19.1 Å². The van der Waals surface area contributed by atoms with E-state index < -0.39 is 0 Å². The average molecular weight is 232 g/mol. The van der Waals surface area contributed by atoms with Crippen molar-refractivity contribution in [3.8, 4) is 0 Å². The van der Waals surface area contributed by atoms with Crippen LogP contribution in [0.25, 0.3) is 11.0 Å². The van der Waals surface area contributed by atoms with Crippen molar-refractivity contribution in [1.29, 1.82) is 0 Å². The van der Waals surface area contributed by atoms with Crippen LogP contribution in [0.3, 0.4) is 0 Å². The Balaban J connectivity index is 2.06. The first-order chi connectivity index (χ1) is 8.25. The lowest BCUT2D eigenvalue weighted by atomic mass is 10.1. The minimum Gasteiger partial charge on any atom is -0.381 e. The number of aromatic amines is 1. The summed E-state index contributed by atoms with van der Waals surface area (Å²) in [6, 6.07) is 6.00. The van der Waals surface area contributed by atoms with Gasteiger partial charge >= 0.3 is 5.69 Å². The van der Waals surface area contributed by atoms with Gasteiger partial charge in [0.25, 0.3) is 0 Å². The summed E-state index contributed by atoms with van der Waals surface area (Å²) in [4.78, 5) is 14.9. The number of para-hydroxylation sites is 1. The molecular formula is C13H16N2O2. The number of nitrogens with one attached hydrogen (secondary N) is 1. The molecule has 4 heteroatoms. The molecule has 4 nitrogen and oxygen atoms in total. The molecule has 1 atom stereocenters. The van der Waals surface area contributed by atoms with Crippen LogP contribution in [0.2, 0.25) is 0 Å². The smallest absolute Gasteiger partial charge is 0.326 e. The summed E-state index contributed by atoms with van der Waals surface area (Å²) >= 11 is 0. The van der Waals surface area contributed by atoms with Crippen LogP contribution in [0.5, 0.6) is 0 Å². The molecule has 2 aromatic rings. The normalized spacial score (nSPS) is 20.2. The number of fused-ring (bicyclic) bond motifs is 1. The van der Waals surface area contributed by atoms with Crippen LogP contribution < -0.4 is 5.69 Å². The van der Waals surface area contributed by atoms with E-state index in [1.54, 1.807) is 0 Å². The van der Waals surface area contributed by atoms with Crippen LogP contribution in [-0.4, -0.2) is 22.8 Å². The van der Waals surface area contributed by atoms with Gasteiger partial charge in [-0.25, -0.2) is 4.79 Å². The number of hydrogen-bond donors (Lipinski definition) is 1. The van der Waals surface area contributed by atoms with E-state index in [9.17, 15) is 4.79 Å². The average Bonchev–Trinajstić information content (AvgIpc) is 2.91. The van der Waals surface area contributed by atoms with Crippen molar-refractivity contribution >= 4 is 11.0 Å². The van der Waals surface area contributed by atoms with Crippen LogP contribution in [0.4, 0.5) is 0 Å². The van der Waals surface area contributed by atoms with Crippen LogP contribution in [0, 0.1) is 12.8 Å². The Morgan fingerprint density at radius 1 is 1.53 bits per heavy atom. The first kappa shape index (κ1) is 10.6. The van der Waals surface area contributed by atoms with Crippen LogP contribution in [0.15, 0.2) is 23.0 Å². The predicted molar refractivity (Wildman–Crippen MR) is 66.2 cm³/mol. The molecule has 1 aromatic heterocycles. The lowest BCUT2D eigenvalue weighted by Crippen LogP contribution is -2.21. The summed E-state index contributed by atoms with van der Waals surface area (Å²) < 4.78 is 7.19. The molecule has 0 amide bonds. The van der Waals surface area contributed by atoms with Crippen molar-refractivity contribution in [3.05, 3.63) is 34.2 Å². The summed E-state index contributed by atoms with van der Waals surface area (Å²) in [5.41, 5.74) is 3.06. The molecule has 90 valence electrons. The molecule has 1 saturated heterocycles. The molecule has 3 rings (SSSR count). The van der Waals surface area contributed by atoms with Crippen molar-refractivity contribution in [1.82, 2.24) is 9.55 Å². The fourth-order valence-corrected chi connectivity index (χ4v) is 2.49. The van der Waals surface area contributed by atoms with Gasteiger partial charge in [0.15, 0.2) is 0 Å². The topological polar surface area (TPSA) is 47.0 Å². The highest BCUT2D eigenvalue weighted by Crippen LogP contribution is 2.19. The molecule has 17 heavy (non-hydrogen) atoms. The van der Waals surface area contributed by atoms with E-state index in [1.165, 1.54) is 0 Å².